The number of carbonyl (C=O) groups is 2. The maximum atomic E-state index is 13.0. The first kappa shape index (κ1) is 27.0. The number of fused-ring (bicyclic) bond motifs is 1. The number of nitrogens with zero attached hydrogens (tertiary/aromatic N) is 2. The maximum Gasteiger partial charge on any atom is 0.338 e. The van der Waals surface area contributed by atoms with Gasteiger partial charge in [-0.15, -0.1) is 0 Å². The topological polar surface area (TPSA) is 93.3 Å². The summed E-state index contributed by atoms with van der Waals surface area (Å²) in [4.78, 5) is 25.5. The average molecular weight is 514 g/mol. The Morgan fingerprint density at radius 2 is 1.87 bits per heavy atom. The van der Waals surface area contributed by atoms with Crippen molar-refractivity contribution in [2.45, 2.75) is 58.6 Å². The van der Waals surface area contributed by atoms with Crippen molar-refractivity contribution in [3.8, 4) is 11.8 Å². The van der Waals surface area contributed by atoms with E-state index >= 15 is 0 Å². The van der Waals surface area contributed by atoms with Crippen LogP contribution in [0.2, 0.25) is 0 Å². The van der Waals surface area contributed by atoms with Crippen LogP contribution in [0.3, 0.4) is 0 Å². The third kappa shape index (κ3) is 6.44. The monoisotopic (exact) mass is 513 g/mol. The number of hydrogen-bond donors (Lipinski definition) is 1. The SMILES string of the molecule is COc1cc(C(=O)OC(C)(C)C)ccc1Cn1cc(C=CC#N)c2ccc(C(=O)NCC3CCCC3)cc21. The lowest BCUT2D eigenvalue weighted by Gasteiger charge is -2.20. The number of nitrogens with one attached hydrogen (secondary N) is 1. The molecule has 1 aliphatic carbocycles. The molecule has 7 heteroatoms. The third-order valence-corrected chi connectivity index (χ3v) is 6.80. The number of carbonyl (C=O) groups excluding carboxylic acids is 2. The summed E-state index contributed by atoms with van der Waals surface area (Å²) in [6.45, 7) is 6.64. The molecule has 2 aromatic carbocycles. The van der Waals surface area contributed by atoms with Crippen molar-refractivity contribution < 1.29 is 19.1 Å². The molecule has 1 N–H and O–H groups in total. The molecule has 0 spiro atoms. The molecule has 4 rings (SSSR count). The second-order valence-corrected chi connectivity index (χ2v) is 10.8. The van der Waals surface area contributed by atoms with E-state index in [4.69, 9.17) is 14.7 Å². The molecule has 0 bridgehead atoms. The van der Waals surface area contributed by atoms with Crippen LogP contribution in [-0.2, 0) is 11.3 Å². The molecule has 1 heterocycles. The quantitative estimate of drug-likeness (QED) is 0.290. The number of esters is 1. The van der Waals surface area contributed by atoms with Crippen LogP contribution in [0, 0.1) is 17.2 Å². The number of rotatable bonds is 8. The molecule has 1 saturated carbocycles. The highest BCUT2D eigenvalue weighted by Crippen LogP contribution is 2.29. The highest BCUT2D eigenvalue weighted by atomic mass is 16.6. The van der Waals surface area contributed by atoms with E-state index in [1.54, 1.807) is 25.3 Å². The Kier molecular flexibility index (Phi) is 8.21. The van der Waals surface area contributed by atoms with E-state index in [-0.39, 0.29) is 5.91 Å². The highest BCUT2D eigenvalue weighted by molar-refractivity contribution is 6.00. The molecule has 38 heavy (non-hydrogen) atoms. The fraction of sp³-hybridized carbons (Fsp3) is 0.387. The minimum absolute atomic E-state index is 0.0834. The van der Waals surface area contributed by atoms with Crippen molar-refractivity contribution in [3.63, 3.8) is 0 Å². The van der Waals surface area contributed by atoms with Gasteiger partial charge in [-0.25, -0.2) is 4.79 Å². The second-order valence-electron chi connectivity index (χ2n) is 10.8. The molecule has 7 nitrogen and oxygen atoms in total. The molecule has 0 atom stereocenters. The Morgan fingerprint density at radius 3 is 2.55 bits per heavy atom. The fourth-order valence-electron chi connectivity index (χ4n) is 4.93. The van der Waals surface area contributed by atoms with Crippen molar-refractivity contribution in [2.24, 2.45) is 5.92 Å². The van der Waals surface area contributed by atoms with Crippen LogP contribution in [0.25, 0.3) is 17.0 Å². The van der Waals surface area contributed by atoms with Gasteiger partial charge in [0.2, 0.25) is 0 Å². The van der Waals surface area contributed by atoms with Gasteiger partial charge in [-0.2, -0.15) is 5.26 Å². The van der Waals surface area contributed by atoms with Crippen LogP contribution in [-0.4, -0.2) is 35.7 Å². The predicted octanol–water partition coefficient (Wildman–Crippen LogP) is 6.11. The molecule has 1 amide bonds. The van der Waals surface area contributed by atoms with E-state index in [0.29, 0.717) is 35.9 Å². The summed E-state index contributed by atoms with van der Waals surface area (Å²) in [5, 5.41) is 13.1. The molecule has 1 aliphatic rings. The predicted molar refractivity (Wildman–Crippen MR) is 148 cm³/mol. The Labute approximate surface area is 224 Å². The number of aromatic nitrogens is 1. The van der Waals surface area contributed by atoms with Crippen LogP contribution >= 0.6 is 0 Å². The lowest BCUT2D eigenvalue weighted by molar-refractivity contribution is 0.00690. The van der Waals surface area contributed by atoms with Gasteiger partial charge in [0, 0.05) is 46.4 Å². The summed E-state index contributed by atoms with van der Waals surface area (Å²) in [6, 6.07) is 13.0. The number of ether oxygens (including phenoxy) is 2. The van der Waals surface area contributed by atoms with Gasteiger partial charge in [0.1, 0.15) is 11.4 Å². The van der Waals surface area contributed by atoms with Gasteiger partial charge in [0.25, 0.3) is 5.91 Å². The zero-order valence-corrected chi connectivity index (χ0v) is 22.5. The minimum Gasteiger partial charge on any atom is -0.496 e. The van der Waals surface area contributed by atoms with Crippen LogP contribution in [0.15, 0.2) is 48.7 Å². The van der Waals surface area contributed by atoms with E-state index in [9.17, 15) is 9.59 Å². The molecule has 198 valence electrons. The van der Waals surface area contributed by atoms with Crippen molar-refractivity contribution in [1.29, 1.82) is 5.26 Å². The maximum absolute atomic E-state index is 13.0. The summed E-state index contributed by atoms with van der Waals surface area (Å²) in [5.74, 6) is 0.631. The van der Waals surface area contributed by atoms with Crippen molar-refractivity contribution in [2.75, 3.05) is 13.7 Å². The zero-order chi connectivity index (χ0) is 27.3. The Bertz CT molecular complexity index is 1400. The number of allylic oxidation sites excluding steroid dienone is 1. The van der Waals surface area contributed by atoms with Crippen LogP contribution in [0.4, 0.5) is 0 Å². The van der Waals surface area contributed by atoms with Gasteiger partial charge in [-0.3, -0.25) is 4.79 Å². The molecule has 1 aromatic heterocycles. The zero-order valence-electron chi connectivity index (χ0n) is 22.5. The van der Waals surface area contributed by atoms with Gasteiger partial charge in [-0.1, -0.05) is 25.0 Å². The molecular weight excluding hydrogens is 478 g/mol. The van der Waals surface area contributed by atoms with Gasteiger partial charge < -0.3 is 19.4 Å². The van der Waals surface area contributed by atoms with E-state index in [1.807, 2.05) is 61.9 Å². The summed E-state index contributed by atoms with van der Waals surface area (Å²) in [6.07, 6.45) is 9.98. The Balaban J connectivity index is 1.64. The van der Waals surface area contributed by atoms with Crippen molar-refractivity contribution in [1.82, 2.24) is 9.88 Å². The van der Waals surface area contributed by atoms with Crippen LogP contribution in [0.5, 0.6) is 5.75 Å². The summed E-state index contributed by atoms with van der Waals surface area (Å²) < 4.78 is 13.2. The number of methoxy groups -OCH3 is 1. The van der Waals surface area contributed by atoms with Crippen LogP contribution in [0.1, 0.15) is 78.3 Å². The third-order valence-electron chi connectivity index (χ3n) is 6.80. The van der Waals surface area contributed by atoms with Gasteiger partial charge >= 0.3 is 5.97 Å². The number of amides is 1. The number of nitriles is 1. The van der Waals surface area contributed by atoms with Gasteiger partial charge in [-0.05, 0) is 69.9 Å². The molecule has 3 aromatic rings. The van der Waals surface area contributed by atoms with Crippen LogP contribution < -0.4 is 10.1 Å². The normalized spacial score (nSPS) is 14.1. The molecule has 0 saturated heterocycles. The van der Waals surface area contributed by atoms with E-state index < -0.39 is 11.6 Å². The Hall–Kier alpha value is -4.05. The van der Waals surface area contributed by atoms with E-state index in [2.05, 4.69) is 5.32 Å². The number of hydrogen-bond acceptors (Lipinski definition) is 5. The molecule has 0 aliphatic heterocycles. The first-order chi connectivity index (χ1) is 18.2. The first-order valence-electron chi connectivity index (χ1n) is 13.1. The van der Waals surface area contributed by atoms with Crippen molar-refractivity contribution in [3.05, 3.63) is 70.9 Å². The van der Waals surface area contributed by atoms with E-state index in [0.717, 1.165) is 22.0 Å². The lowest BCUT2D eigenvalue weighted by atomic mass is 10.1. The average Bonchev–Trinajstić information content (AvgIpc) is 3.53. The fourth-order valence-corrected chi connectivity index (χ4v) is 4.93. The standard InChI is InChI=1S/C31H35N3O4/c1-31(2,3)38-30(36)23-11-12-25(28(17-23)37-4)20-34-19-24(10-7-15-32)26-14-13-22(16-27(26)34)29(35)33-18-21-8-5-6-9-21/h7,10-14,16-17,19,21H,5-6,8-9,18,20H2,1-4H3,(H,33,35). The van der Waals surface area contributed by atoms with Gasteiger partial charge in [0.05, 0.1) is 25.3 Å². The summed E-state index contributed by atoms with van der Waals surface area (Å²) >= 11 is 0. The molecule has 0 radical (unpaired) electrons. The number of benzene rings is 2. The first-order valence-corrected chi connectivity index (χ1v) is 13.1. The largest absolute Gasteiger partial charge is 0.496 e. The minimum atomic E-state index is -0.596. The molecular formula is C31H35N3O4. The lowest BCUT2D eigenvalue weighted by Crippen LogP contribution is -2.28. The van der Waals surface area contributed by atoms with Gasteiger partial charge in [0.15, 0.2) is 0 Å². The van der Waals surface area contributed by atoms with Crippen molar-refractivity contribution >= 4 is 28.9 Å². The summed E-state index contributed by atoms with van der Waals surface area (Å²) in [5.41, 5.74) is 3.03. The molecule has 1 fully saturated rings. The second kappa shape index (κ2) is 11.6. The van der Waals surface area contributed by atoms with E-state index in [1.165, 1.54) is 31.8 Å². The molecule has 0 unspecified atom stereocenters. The smallest absolute Gasteiger partial charge is 0.338 e. The Morgan fingerprint density at radius 1 is 1.13 bits per heavy atom. The highest BCUT2D eigenvalue weighted by Gasteiger charge is 2.20. The summed E-state index contributed by atoms with van der Waals surface area (Å²) in [7, 11) is 1.57.